The molecule has 3 aromatic rings. The monoisotopic (exact) mass is 551 g/mol. The van der Waals surface area contributed by atoms with Gasteiger partial charge in [-0.05, 0) is 41.9 Å². The summed E-state index contributed by atoms with van der Waals surface area (Å²) in [5, 5.41) is 4.24. The summed E-state index contributed by atoms with van der Waals surface area (Å²) in [5.41, 5.74) is 5.11. The lowest BCUT2D eigenvalue weighted by atomic mass is 9.91. The summed E-state index contributed by atoms with van der Waals surface area (Å²) in [6.45, 7) is 2.84. The molecule has 2 aromatic carbocycles. The summed E-state index contributed by atoms with van der Waals surface area (Å²) in [6.07, 6.45) is 1.19. The van der Waals surface area contributed by atoms with Gasteiger partial charge in [-0.15, -0.1) is 0 Å². The van der Waals surface area contributed by atoms with Crippen LogP contribution in [0.3, 0.4) is 0 Å². The van der Waals surface area contributed by atoms with Crippen LogP contribution < -0.4 is 0 Å². The topological polar surface area (TPSA) is 63.0 Å². The van der Waals surface area contributed by atoms with E-state index in [9.17, 15) is 18.0 Å². The van der Waals surface area contributed by atoms with Gasteiger partial charge in [-0.2, -0.15) is 18.3 Å². The van der Waals surface area contributed by atoms with Gasteiger partial charge in [0.2, 0.25) is 0 Å². The van der Waals surface area contributed by atoms with E-state index in [-0.39, 0.29) is 24.5 Å². The molecule has 7 nitrogen and oxygen atoms in total. The van der Waals surface area contributed by atoms with E-state index in [1.165, 1.54) is 0 Å². The zero-order valence-electron chi connectivity index (χ0n) is 22.4. The third-order valence-corrected chi connectivity index (χ3v) is 8.24. The van der Waals surface area contributed by atoms with Crippen molar-refractivity contribution in [2.24, 2.45) is 18.0 Å². The maximum atomic E-state index is 13.0. The van der Waals surface area contributed by atoms with Gasteiger partial charge in [0.15, 0.2) is 0 Å². The molecule has 1 aromatic heterocycles. The number of amidine groups is 1. The minimum Gasteiger partial charge on any atom is -0.381 e. The summed E-state index contributed by atoms with van der Waals surface area (Å²) in [4.78, 5) is 20.1. The van der Waals surface area contributed by atoms with Gasteiger partial charge in [0.25, 0.3) is 0 Å². The van der Waals surface area contributed by atoms with Crippen molar-refractivity contribution in [3.63, 3.8) is 0 Å². The van der Waals surface area contributed by atoms with E-state index in [4.69, 9.17) is 9.73 Å². The molecule has 0 saturated carbocycles. The first kappa shape index (κ1) is 26.6. The second-order valence-electron chi connectivity index (χ2n) is 11.1. The number of amides is 1. The van der Waals surface area contributed by atoms with Crippen molar-refractivity contribution < 1.29 is 22.7 Å². The van der Waals surface area contributed by atoms with E-state index in [0.29, 0.717) is 32.7 Å². The molecule has 1 spiro atoms. The van der Waals surface area contributed by atoms with Crippen LogP contribution in [-0.4, -0.2) is 82.4 Å². The molecule has 3 aliphatic heterocycles. The van der Waals surface area contributed by atoms with Gasteiger partial charge in [0.05, 0.1) is 11.7 Å². The average Bonchev–Trinajstić information content (AvgIpc) is 3.68. The van der Waals surface area contributed by atoms with Crippen molar-refractivity contribution in [1.29, 1.82) is 0 Å². The number of rotatable bonds is 5. The number of carbonyl (C=O) groups excluding carboxylic acids is 1. The van der Waals surface area contributed by atoms with E-state index >= 15 is 0 Å². The Balaban J connectivity index is 1.20. The van der Waals surface area contributed by atoms with E-state index in [1.807, 2.05) is 19.4 Å². The Bertz CT molecular complexity index is 1390. The van der Waals surface area contributed by atoms with Gasteiger partial charge in [0, 0.05) is 63.8 Å². The summed E-state index contributed by atoms with van der Waals surface area (Å²) in [7, 11) is 1.90. The molecule has 0 bridgehead atoms. The van der Waals surface area contributed by atoms with Crippen molar-refractivity contribution in [3.8, 4) is 22.3 Å². The quantitative estimate of drug-likeness (QED) is 0.458. The van der Waals surface area contributed by atoms with E-state index < -0.39 is 12.1 Å². The van der Waals surface area contributed by atoms with Crippen LogP contribution in [0.15, 0.2) is 65.9 Å². The van der Waals surface area contributed by atoms with Crippen molar-refractivity contribution in [2.75, 3.05) is 39.4 Å². The predicted octanol–water partition coefficient (Wildman–Crippen LogP) is 4.78. The van der Waals surface area contributed by atoms with Crippen LogP contribution in [0.25, 0.3) is 22.3 Å². The highest BCUT2D eigenvalue weighted by molar-refractivity contribution is 6.00. The predicted molar refractivity (Wildman–Crippen MR) is 146 cm³/mol. The van der Waals surface area contributed by atoms with Crippen LogP contribution >= 0.6 is 0 Å². The number of hydrogen-bond donors (Lipinski definition) is 0. The second kappa shape index (κ2) is 10.4. The van der Waals surface area contributed by atoms with Crippen molar-refractivity contribution >= 4 is 11.7 Å². The molecule has 0 N–H and O–H groups in total. The fourth-order valence-corrected chi connectivity index (χ4v) is 6.07. The molecule has 1 unspecified atom stereocenters. The fraction of sp³-hybridized carbons (Fsp3) is 0.433. The Labute approximate surface area is 231 Å². The largest absolute Gasteiger partial charge is 0.471 e. The molecule has 0 radical (unpaired) electrons. The molecule has 10 heteroatoms. The highest BCUT2D eigenvalue weighted by Gasteiger charge is 2.46. The summed E-state index contributed by atoms with van der Waals surface area (Å²) >= 11 is 0. The molecule has 0 aliphatic carbocycles. The lowest BCUT2D eigenvalue weighted by Crippen LogP contribution is -2.43. The van der Waals surface area contributed by atoms with Gasteiger partial charge < -0.3 is 14.5 Å². The number of nitrogens with zero attached hydrogens (tertiary/aromatic N) is 5. The molecule has 1 amide bonds. The Morgan fingerprint density at radius 3 is 2.15 bits per heavy atom. The summed E-state index contributed by atoms with van der Waals surface area (Å²) in [5.74, 6) is -0.902. The zero-order valence-corrected chi connectivity index (χ0v) is 22.4. The van der Waals surface area contributed by atoms with Crippen LogP contribution in [0.1, 0.15) is 24.8 Å². The van der Waals surface area contributed by atoms with Crippen molar-refractivity contribution in [2.45, 2.75) is 31.0 Å². The van der Waals surface area contributed by atoms with Gasteiger partial charge in [-0.25, -0.2) is 0 Å². The average molecular weight is 552 g/mol. The Morgan fingerprint density at radius 1 is 0.975 bits per heavy atom. The lowest BCUT2D eigenvalue weighted by molar-refractivity contribution is -0.184. The second-order valence-corrected chi connectivity index (χ2v) is 11.1. The number of halogens is 3. The molecule has 40 heavy (non-hydrogen) atoms. The third-order valence-electron chi connectivity index (χ3n) is 8.24. The molecular formula is C30H32F3N5O2. The molecule has 3 aliphatic rings. The number of ether oxygens (including phenoxy) is 1. The van der Waals surface area contributed by atoms with Gasteiger partial charge in [-0.3, -0.25) is 14.5 Å². The van der Waals surface area contributed by atoms with E-state index in [2.05, 4.69) is 58.5 Å². The van der Waals surface area contributed by atoms with E-state index in [0.717, 1.165) is 51.4 Å². The standard InChI is InChI=1S/C30H32F3N5O2/c1-36-19-26(16-34-36)24-4-2-22(3-5-24)23-6-8-25(9-7-23)27-35-29(11-14-40-15-12-29)20-38(27)18-21-10-13-37(17-21)28(39)30(31,32)33/h2-9,16,19,21H,10-15,17-18,20H2,1H3. The molecule has 6 rings (SSSR count). The fourth-order valence-electron chi connectivity index (χ4n) is 6.07. The summed E-state index contributed by atoms with van der Waals surface area (Å²) < 4.78 is 46.3. The first-order valence-electron chi connectivity index (χ1n) is 13.7. The number of aryl methyl sites for hydroxylation is 1. The first-order valence-corrected chi connectivity index (χ1v) is 13.7. The number of aromatic nitrogens is 2. The Kier molecular flexibility index (Phi) is 6.90. The van der Waals surface area contributed by atoms with Gasteiger partial charge in [-0.1, -0.05) is 48.5 Å². The van der Waals surface area contributed by atoms with E-state index in [1.54, 1.807) is 4.68 Å². The number of hydrogen-bond acceptors (Lipinski definition) is 5. The number of likely N-dealkylation sites (tertiary alicyclic amines) is 1. The molecule has 1 atom stereocenters. The number of benzene rings is 2. The molecule has 210 valence electrons. The Morgan fingerprint density at radius 2 is 1.57 bits per heavy atom. The summed E-state index contributed by atoms with van der Waals surface area (Å²) in [6, 6.07) is 16.7. The number of alkyl halides is 3. The highest BCUT2D eigenvalue weighted by Crippen LogP contribution is 2.35. The number of carbonyl (C=O) groups is 1. The van der Waals surface area contributed by atoms with Crippen molar-refractivity contribution in [3.05, 3.63) is 66.5 Å². The van der Waals surface area contributed by atoms with Crippen LogP contribution in [-0.2, 0) is 16.6 Å². The molecule has 2 saturated heterocycles. The third kappa shape index (κ3) is 5.37. The Hall–Kier alpha value is -3.66. The molecule has 4 heterocycles. The first-order chi connectivity index (χ1) is 19.2. The lowest BCUT2D eigenvalue weighted by Gasteiger charge is -2.32. The normalized spacial score (nSPS) is 20.8. The van der Waals surface area contributed by atoms with Crippen LogP contribution in [0.5, 0.6) is 0 Å². The zero-order chi connectivity index (χ0) is 27.9. The molecular weight excluding hydrogens is 519 g/mol. The molecule has 2 fully saturated rings. The van der Waals surface area contributed by atoms with Crippen molar-refractivity contribution in [1.82, 2.24) is 19.6 Å². The van der Waals surface area contributed by atoms with Gasteiger partial charge in [0.1, 0.15) is 5.84 Å². The highest BCUT2D eigenvalue weighted by atomic mass is 19.4. The smallest absolute Gasteiger partial charge is 0.381 e. The minimum atomic E-state index is -4.83. The number of aliphatic imine (C=N–C) groups is 1. The minimum absolute atomic E-state index is 0.0379. The van der Waals surface area contributed by atoms with Crippen LogP contribution in [0.2, 0.25) is 0 Å². The SMILES string of the molecule is Cn1cc(-c2ccc(-c3ccc(C4=NC5(CCOCC5)CN4CC4CCN(C(=O)C(F)(F)F)C4)cc3)cc2)cn1. The maximum Gasteiger partial charge on any atom is 0.471 e. The van der Waals surface area contributed by atoms with Gasteiger partial charge >= 0.3 is 12.1 Å². The van der Waals surface area contributed by atoms with Crippen LogP contribution in [0.4, 0.5) is 13.2 Å². The van der Waals surface area contributed by atoms with Crippen LogP contribution in [0, 0.1) is 5.92 Å². The maximum absolute atomic E-state index is 13.0.